The molecular weight excluding hydrogens is 513 g/mol. The molecule has 4 heteroatoms. The Morgan fingerprint density at radius 2 is 0.833 bits per heavy atom. The van der Waals surface area contributed by atoms with Crippen LogP contribution in [0.25, 0.3) is 20.2 Å². The molecule has 0 N–H and O–H groups in total. The van der Waals surface area contributed by atoms with E-state index in [2.05, 4.69) is 123 Å². The van der Waals surface area contributed by atoms with Crippen molar-refractivity contribution in [2.75, 3.05) is 0 Å². The Hall–Kier alpha value is -2.50. The normalized spacial score (nSPS) is 13.3. The molecule has 6 aromatic rings. The summed E-state index contributed by atoms with van der Waals surface area (Å²) in [5, 5.41) is 2.77. The fourth-order valence-electron chi connectivity index (χ4n) is 4.92. The smallest absolute Gasteiger partial charge is 0.0760 e. The Labute approximate surface area is 228 Å². The van der Waals surface area contributed by atoms with Gasteiger partial charge in [-0.15, -0.1) is 22.7 Å². The molecule has 2 unspecified atom stereocenters. The zero-order chi connectivity index (χ0) is 24.5. The number of hydrogen-bond acceptors (Lipinski definition) is 4. The van der Waals surface area contributed by atoms with Crippen LogP contribution in [0.4, 0.5) is 0 Å². The molecule has 2 aromatic heterocycles. The molecule has 0 spiro atoms. The SMILES string of the molecule is CC(c1ccccc1)c1c(SSc2sc3ccccc3c2C(C)c2ccccc2)sc2ccccc12. The van der Waals surface area contributed by atoms with Gasteiger partial charge in [0.1, 0.15) is 0 Å². The van der Waals surface area contributed by atoms with Gasteiger partial charge in [-0.25, -0.2) is 0 Å². The third-order valence-corrected chi connectivity index (χ3v) is 12.5. The molecule has 0 aliphatic rings. The van der Waals surface area contributed by atoms with Gasteiger partial charge < -0.3 is 0 Å². The highest BCUT2D eigenvalue weighted by molar-refractivity contribution is 8.77. The third-order valence-electron chi connectivity index (χ3n) is 6.86. The molecule has 4 aromatic carbocycles. The second-order valence-corrected chi connectivity index (χ2v) is 13.8. The topological polar surface area (TPSA) is 0 Å². The van der Waals surface area contributed by atoms with E-state index < -0.39 is 0 Å². The fraction of sp³-hybridized carbons (Fsp3) is 0.125. The molecule has 0 amide bonds. The van der Waals surface area contributed by atoms with Gasteiger partial charge in [-0.05, 0) is 66.7 Å². The third kappa shape index (κ3) is 4.52. The summed E-state index contributed by atoms with van der Waals surface area (Å²) < 4.78 is 5.56. The zero-order valence-corrected chi connectivity index (χ0v) is 23.4. The summed E-state index contributed by atoms with van der Waals surface area (Å²) in [5.74, 6) is 0.686. The Morgan fingerprint density at radius 3 is 1.25 bits per heavy atom. The van der Waals surface area contributed by atoms with E-state index in [9.17, 15) is 0 Å². The van der Waals surface area contributed by atoms with Crippen LogP contribution in [0.5, 0.6) is 0 Å². The number of fused-ring (bicyclic) bond motifs is 2. The number of hydrogen-bond donors (Lipinski definition) is 0. The molecular formula is C32H26S4. The molecule has 178 valence electrons. The van der Waals surface area contributed by atoms with E-state index in [1.54, 1.807) is 0 Å². The van der Waals surface area contributed by atoms with Crippen molar-refractivity contribution in [3.63, 3.8) is 0 Å². The summed E-state index contributed by atoms with van der Waals surface area (Å²) in [4.78, 5) is 0. The molecule has 0 fully saturated rings. The summed E-state index contributed by atoms with van der Waals surface area (Å²) in [6, 6.07) is 39.6. The Kier molecular flexibility index (Phi) is 6.94. The maximum Gasteiger partial charge on any atom is 0.0760 e. The van der Waals surface area contributed by atoms with E-state index in [0.717, 1.165) is 0 Å². The van der Waals surface area contributed by atoms with E-state index in [-0.39, 0.29) is 0 Å². The minimum absolute atomic E-state index is 0.343. The van der Waals surface area contributed by atoms with E-state index in [4.69, 9.17) is 0 Å². The van der Waals surface area contributed by atoms with Crippen molar-refractivity contribution in [3.05, 3.63) is 131 Å². The predicted molar refractivity (Wildman–Crippen MR) is 163 cm³/mol. The lowest BCUT2D eigenvalue weighted by molar-refractivity contribution is 0.918. The molecule has 2 heterocycles. The second-order valence-electron chi connectivity index (χ2n) is 9.03. The lowest BCUT2D eigenvalue weighted by Crippen LogP contribution is -1.96. The maximum atomic E-state index is 2.35. The first kappa shape index (κ1) is 23.9. The highest BCUT2D eigenvalue weighted by atomic mass is 33.1. The molecule has 6 rings (SSSR count). The molecule has 0 nitrogen and oxygen atoms in total. The quantitative estimate of drug-likeness (QED) is 0.185. The van der Waals surface area contributed by atoms with Gasteiger partial charge in [0.2, 0.25) is 0 Å². The van der Waals surface area contributed by atoms with Crippen molar-refractivity contribution in [2.24, 2.45) is 0 Å². The number of rotatable bonds is 7. The average Bonchev–Trinajstić information content (AvgIpc) is 3.50. The van der Waals surface area contributed by atoms with Gasteiger partial charge in [0.25, 0.3) is 0 Å². The molecule has 36 heavy (non-hydrogen) atoms. The van der Waals surface area contributed by atoms with Crippen LogP contribution in [-0.4, -0.2) is 0 Å². The summed E-state index contributed by atoms with van der Waals surface area (Å²) in [6.07, 6.45) is 0. The van der Waals surface area contributed by atoms with E-state index in [1.807, 2.05) is 44.3 Å². The number of thiophene rings is 2. The highest BCUT2D eigenvalue weighted by Gasteiger charge is 2.23. The first-order chi connectivity index (χ1) is 17.7. The van der Waals surface area contributed by atoms with Gasteiger partial charge in [-0.3, -0.25) is 0 Å². The van der Waals surface area contributed by atoms with Crippen molar-refractivity contribution in [1.82, 2.24) is 0 Å². The molecule has 0 aliphatic heterocycles. The molecule has 0 aliphatic carbocycles. The minimum Gasteiger partial charge on any atom is -0.128 e. The molecule has 0 saturated carbocycles. The summed E-state index contributed by atoms with van der Waals surface area (Å²) >= 11 is 3.86. The van der Waals surface area contributed by atoms with Gasteiger partial charge in [-0.2, -0.15) is 0 Å². The molecule has 0 radical (unpaired) electrons. The van der Waals surface area contributed by atoms with Crippen LogP contribution in [0.3, 0.4) is 0 Å². The molecule has 2 atom stereocenters. The van der Waals surface area contributed by atoms with Crippen molar-refractivity contribution in [2.45, 2.75) is 34.1 Å². The van der Waals surface area contributed by atoms with Crippen molar-refractivity contribution in [1.29, 1.82) is 0 Å². The lowest BCUT2D eigenvalue weighted by Gasteiger charge is -2.15. The van der Waals surface area contributed by atoms with Gasteiger partial charge in [0.05, 0.1) is 8.42 Å². The summed E-state index contributed by atoms with van der Waals surface area (Å²) in [6.45, 7) is 4.70. The largest absolute Gasteiger partial charge is 0.128 e. The Morgan fingerprint density at radius 1 is 0.472 bits per heavy atom. The predicted octanol–water partition coefficient (Wildman–Crippen LogP) is 11.2. The Bertz CT molecular complexity index is 1490. The van der Waals surface area contributed by atoms with Gasteiger partial charge >= 0.3 is 0 Å². The number of benzene rings is 4. The summed E-state index contributed by atoms with van der Waals surface area (Å²) in [5.41, 5.74) is 5.65. The van der Waals surface area contributed by atoms with E-state index in [0.29, 0.717) is 11.8 Å². The van der Waals surface area contributed by atoms with Crippen LogP contribution in [0, 0.1) is 0 Å². The van der Waals surface area contributed by atoms with Crippen LogP contribution in [0.15, 0.2) is 118 Å². The standard InChI is InChI=1S/C32H26S4/c1-21(23-13-5-3-6-14-23)29-25-17-9-11-19-27(25)33-31(29)35-36-32-30(22(2)24-15-7-4-8-16-24)26-18-10-12-20-28(26)34-32/h3-22H,1-2H3. The van der Waals surface area contributed by atoms with E-state index >= 15 is 0 Å². The van der Waals surface area contributed by atoms with Crippen LogP contribution >= 0.6 is 44.3 Å². The first-order valence-corrected chi connectivity index (χ1v) is 16.0. The minimum atomic E-state index is 0.343. The van der Waals surface area contributed by atoms with Crippen molar-refractivity contribution < 1.29 is 0 Å². The van der Waals surface area contributed by atoms with Crippen molar-refractivity contribution in [3.8, 4) is 0 Å². The highest BCUT2D eigenvalue weighted by Crippen LogP contribution is 2.53. The molecule has 0 saturated heterocycles. The second kappa shape index (κ2) is 10.5. The van der Waals surface area contributed by atoms with Gasteiger partial charge in [-0.1, -0.05) is 111 Å². The van der Waals surface area contributed by atoms with Crippen LogP contribution in [0.2, 0.25) is 0 Å². The summed E-state index contributed by atoms with van der Waals surface area (Å²) in [7, 11) is 3.87. The monoisotopic (exact) mass is 538 g/mol. The van der Waals surface area contributed by atoms with Crippen LogP contribution < -0.4 is 0 Å². The lowest BCUT2D eigenvalue weighted by atomic mass is 9.93. The van der Waals surface area contributed by atoms with Crippen LogP contribution in [-0.2, 0) is 0 Å². The van der Waals surface area contributed by atoms with Gasteiger partial charge in [0, 0.05) is 21.2 Å². The maximum absolute atomic E-state index is 2.35. The van der Waals surface area contributed by atoms with E-state index in [1.165, 1.54) is 50.8 Å². The fourth-order valence-corrected chi connectivity index (χ4v) is 10.9. The molecule has 0 bridgehead atoms. The van der Waals surface area contributed by atoms with Gasteiger partial charge in [0.15, 0.2) is 0 Å². The Balaban J connectivity index is 1.40. The zero-order valence-electron chi connectivity index (χ0n) is 20.2. The average molecular weight is 539 g/mol. The first-order valence-electron chi connectivity index (χ1n) is 12.2. The van der Waals surface area contributed by atoms with Crippen LogP contribution in [0.1, 0.15) is 47.9 Å². The van der Waals surface area contributed by atoms with Crippen molar-refractivity contribution >= 4 is 64.4 Å².